The Morgan fingerprint density at radius 1 is 1.15 bits per heavy atom. The van der Waals surface area contributed by atoms with E-state index >= 15 is 0 Å². The van der Waals surface area contributed by atoms with Gasteiger partial charge in [0.1, 0.15) is 0 Å². The fraction of sp³-hybridized carbons (Fsp3) is 0.417. The van der Waals surface area contributed by atoms with Crippen molar-refractivity contribution >= 4 is 5.57 Å². The first-order chi connectivity index (χ1) is 6.36. The van der Waals surface area contributed by atoms with Crippen molar-refractivity contribution in [3.8, 4) is 0 Å². The molecule has 1 nitrogen and oxygen atoms in total. The van der Waals surface area contributed by atoms with Crippen molar-refractivity contribution in [3.05, 3.63) is 33.8 Å². The number of hydrogen-bond acceptors (Lipinski definition) is 1. The lowest BCUT2D eigenvalue weighted by Crippen LogP contribution is -2.33. The summed E-state index contributed by atoms with van der Waals surface area (Å²) in [4.78, 5) is 4.62. The molecule has 66 valence electrons. The molecule has 1 aliphatic carbocycles. The molecule has 3 rings (SSSR count). The summed E-state index contributed by atoms with van der Waals surface area (Å²) in [6.07, 6.45) is 3.72. The first-order valence-corrected chi connectivity index (χ1v) is 5.01. The van der Waals surface area contributed by atoms with Gasteiger partial charge in [0, 0.05) is 11.8 Å². The molecule has 0 aromatic heterocycles. The van der Waals surface area contributed by atoms with Gasteiger partial charge < -0.3 is 0 Å². The molecule has 1 aromatic rings. The molecule has 1 heterocycles. The number of nitrogens with zero attached hydrogens (tertiary/aromatic N) is 1. The molecular weight excluding hydrogens is 158 g/mol. The van der Waals surface area contributed by atoms with Gasteiger partial charge in [-0.15, -0.1) is 0 Å². The third-order valence-corrected chi connectivity index (χ3v) is 3.20. The van der Waals surface area contributed by atoms with Crippen LogP contribution in [0.25, 0.3) is 5.57 Å². The first kappa shape index (κ1) is 7.31. The van der Waals surface area contributed by atoms with Gasteiger partial charge >= 0.3 is 0 Å². The normalized spacial score (nSPS) is 18.4. The second-order valence-corrected chi connectivity index (χ2v) is 4.00. The molecule has 0 amide bonds. The average molecular weight is 171 g/mol. The number of rotatable bonds is 0. The molecular formula is C12H13N. The Morgan fingerprint density at radius 3 is 3.00 bits per heavy atom. The molecule has 0 spiro atoms. The van der Waals surface area contributed by atoms with Crippen LogP contribution in [0.5, 0.6) is 0 Å². The minimum atomic E-state index is 1.01. The van der Waals surface area contributed by atoms with Gasteiger partial charge in [0.05, 0.1) is 5.36 Å². The van der Waals surface area contributed by atoms with Crippen LogP contribution in [0.1, 0.15) is 24.0 Å². The van der Waals surface area contributed by atoms with E-state index in [1.54, 1.807) is 5.57 Å². The zero-order valence-electron chi connectivity index (χ0n) is 7.93. The van der Waals surface area contributed by atoms with E-state index in [4.69, 9.17) is 0 Å². The zero-order chi connectivity index (χ0) is 8.84. The summed E-state index contributed by atoms with van der Waals surface area (Å²) in [6, 6.07) is 4.49. The highest BCUT2D eigenvalue weighted by atomic mass is 14.7. The van der Waals surface area contributed by atoms with Crippen LogP contribution in [-0.2, 0) is 6.42 Å². The lowest BCUT2D eigenvalue weighted by atomic mass is 10.1. The molecule has 1 aliphatic heterocycles. The van der Waals surface area contributed by atoms with Crippen molar-refractivity contribution in [2.24, 2.45) is 4.99 Å². The summed E-state index contributed by atoms with van der Waals surface area (Å²) in [7, 11) is 0. The van der Waals surface area contributed by atoms with Crippen molar-refractivity contribution in [2.75, 3.05) is 6.54 Å². The van der Waals surface area contributed by atoms with E-state index in [-0.39, 0.29) is 0 Å². The summed E-state index contributed by atoms with van der Waals surface area (Å²) >= 11 is 0. The Morgan fingerprint density at radius 2 is 2.08 bits per heavy atom. The summed E-state index contributed by atoms with van der Waals surface area (Å²) in [6.45, 7) is 3.17. The minimum absolute atomic E-state index is 1.01. The Labute approximate surface area is 77.8 Å². The summed E-state index contributed by atoms with van der Waals surface area (Å²) < 4.78 is 0. The highest BCUT2D eigenvalue weighted by molar-refractivity contribution is 5.53. The molecule has 0 saturated carbocycles. The van der Waals surface area contributed by atoms with Gasteiger partial charge in [-0.1, -0.05) is 17.7 Å². The predicted molar refractivity (Wildman–Crippen MR) is 53.2 cm³/mol. The van der Waals surface area contributed by atoms with Gasteiger partial charge in [-0.25, -0.2) is 0 Å². The SMILES string of the molecule is Cc1ccc2c3c1=NCCC=3CC2. The molecule has 2 aliphatic rings. The highest BCUT2D eigenvalue weighted by Gasteiger charge is 2.15. The fourth-order valence-corrected chi connectivity index (χ4v) is 2.51. The molecule has 1 aromatic carbocycles. The van der Waals surface area contributed by atoms with Crippen LogP contribution in [0.15, 0.2) is 17.1 Å². The maximum Gasteiger partial charge on any atom is 0.0678 e. The third-order valence-electron chi connectivity index (χ3n) is 3.20. The van der Waals surface area contributed by atoms with Crippen LogP contribution < -0.4 is 10.6 Å². The summed E-state index contributed by atoms with van der Waals surface area (Å²) in [5.74, 6) is 0. The topological polar surface area (TPSA) is 12.4 Å². The van der Waals surface area contributed by atoms with E-state index in [1.165, 1.54) is 41.0 Å². The molecule has 1 heteroatoms. The highest BCUT2D eigenvalue weighted by Crippen LogP contribution is 2.18. The molecule has 13 heavy (non-hydrogen) atoms. The van der Waals surface area contributed by atoms with Crippen molar-refractivity contribution in [3.63, 3.8) is 0 Å². The lowest BCUT2D eigenvalue weighted by molar-refractivity contribution is 0.912. The van der Waals surface area contributed by atoms with Crippen LogP contribution >= 0.6 is 0 Å². The van der Waals surface area contributed by atoms with E-state index in [1.807, 2.05) is 0 Å². The number of aryl methyl sites for hydroxylation is 2. The van der Waals surface area contributed by atoms with Gasteiger partial charge in [0.15, 0.2) is 0 Å². The van der Waals surface area contributed by atoms with Crippen molar-refractivity contribution in [1.29, 1.82) is 0 Å². The van der Waals surface area contributed by atoms with E-state index in [2.05, 4.69) is 24.0 Å². The van der Waals surface area contributed by atoms with Gasteiger partial charge in [-0.05, 0) is 37.3 Å². The first-order valence-electron chi connectivity index (χ1n) is 5.01. The predicted octanol–water partition coefficient (Wildman–Crippen LogP) is 1.12. The third kappa shape index (κ3) is 0.902. The quantitative estimate of drug-likeness (QED) is 0.554. The summed E-state index contributed by atoms with van der Waals surface area (Å²) in [5.41, 5.74) is 4.53. The molecule has 0 fully saturated rings. The Hall–Kier alpha value is -1.11. The molecule has 0 N–H and O–H groups in total. The lowest BCUT2D eigenvalue weighted by Gasteiger charge is -2.06. The van der Waals surface area contributed by atoms with E-state index < -0.39 is 0 Å². The van der Waals surface area contributed by atoms with E-state index in [9.17, 15) is 0 Å². The largest absolute Gasteiger partial charge is 0.284 e. The molecule has 0 saturated heterocycles. The maximum atomic E-state index is 4.62. The van der Waals surface area contributed by atoms with Gasteiger partial charge in [-0.3, -0.25) is 4.99 Å². The van der Waals surface area contributed by atoms with Crippen molar-refractivity contribution in [1.82, 2.24) is 0 Å². The van der Waals surface area contributed by atoms with Crippen molar-refractivity contribution in [2.45, 2.75) is 26.2 Å². The Bertz CT molecular complexity index is 483. The fourth-order valence-electron chi connectivity index (χ4n) is 2.51. The van der Waals surface area contributed by atoms with Crippen molar-refractivity contribution < 1.29 is 0 Å². The van der Waals surface area contributed by atoms with Gasteiger partial charge in [-0.2, -0.15) is 0 Å². The molecule has 0 atom stereocenters. The van der Waals surface area contributed by atoms with E-state index in [0.29, 0.717) is 0 Å². The number of benzene rings is 1. The van der Waals surface area contributed by atoms with Crippen LogP contribution in [0.3, 0.4) is 0 Å². The summed E-state index contributed by atoms with van der Waals surface area (Å²) in [5, 5.41) is 2.79. The van der Waals surface area contributed by atoms with Crippen LogP contribution in [0.2, 0.25) is 0 Å². The standard InChI is InChI=1S/C12H13N/c1-8-2-3-9-4-5-10-6-7-13-12(8)11(9)10/h2-3H,4-7H2,1H3. The average Bonchev–Trinajstić information content (AvgIpc) is 2.57. The number of hydrogen-bond donors (Lipinski definition) is 0. The Kier molecular flexibility index (Phi) is 1.37. The smallest absolute Gasteiger partial charge is 0.0678 e. The second-order valence-electron chi connectivity index (χ2n) is 4.00. The Balaban J connectivity index is 2.56. The van der Waals surface area contributed by atoms with Gasteiger partial charge in [0.2, 0.25) is 0 Å². The van der Waals surface area contributed by atoms with Gasteiger partial charge in [0.25, 0.3) is 0 Å². The van der Waals surface area contributed by atoms with Crippen LogP contribution in [0, 0.1) is 6.92 Å². The molecule has 0 unspecified atom stereocenters. The maximum absolute atomic E-state index is 4.62. The van der Waals surface area contributed by atoms with E-state index in [0.717, 1.165) is 6.54 Å². The van der Waals surface area contributed by atoms with Crippen LogP contribution in [0.4, 0.5) is 0 Å². The monoisotopic (exact) mass is 171 g/mol. The zero-order valence-corrected chi connectivity index (χ0v) is 7.93. The molecule has 0 bridgehead atoms. The minimum Gasteiger partial charge on any atom is -0.284 e. The van der Waals surface area contributed by atoms with Crippen LogP contribution in [-0.4, -0.2) is 6.54 Å². The molecule has 0 radical (unpaired) electrons. The second kappa shape index (κ2) is 2.44.